The van der Waals surface area contributed by atoms with Crippen molar-refractivity contribution in [3.8, 4) is 0 Å². The van der Waals surface area contributed by atoms with Crippen LogP contribution in [0.1, 0.15) is 36.0 Å². The quantitative estimate of drug-likeness (QED) is 0.698. The van der Waals surface area contributed by atoms with Gasteiger partial charge < -0.3 is 4.90 Å². The van der Waals surface area contributed by atoms with Gasteiger partial charge in [-0.15, -0.1) is 11.8 Å². The Morgan fingerprint density at radius 1 is 1.12 bits per heavy atom. The first kappa shape index (κ1) is 17.3. The zero-order valence-corrected chi connectivity index (χ0v) is 15.9. The number of amides is 1. The average Bonchev–Trinajstić information content (AvgIpc) is 3.13. The molecule has 1 atom stereocenters. The van der Waals surface area contributed by atoms with Crippen LogP contribution < -0.4 is 0 Å². The van der Waals surface area contributed by atoms with Crippen molar-refractivity contribution >= 4 is 28.8 Å². The lowest BCUT2D eigenvalue weighted by Crippen LogP contribution is -2.40. The van der Waals surface area contributed by atoms with Crippen molar-refractivity contribution in [2.24, 2.45) is 0 Å². The molecule has 0 spiro atoms. The highest BCUT2D eigenvalue weighted by Crippen LogP contribution is 2.41. The number of aryl methyl sites for hydroxylation is 1. The first-order valence-electron chi connectivity index (χ1n) is 9.03. The fraction of sp³-hybridized carbons (Fsp3) is 0.318. The molecule has 0 radical (unpaired) electrons. The Balaban J connectivity index is 1.88. The molecule has 2 aromatic carbocycles. The Morgan fingerprint density at radius 3 is 2.54 bits per heavy atom. The topological polar surface area (TPSA) is 20.3 Å². The van der Waals surface area contributed by atoms with Gasteiger partial charge in [0.1, 0.15) is 5.82 Å². The molecular formula is C22H22FNOS. The molecule has 0 N–H and O–H groups in total. The molecule has 1 saturated heterocycles. The molecule has 2 nitrogen and oxygen atoms in total. The molecule has 2 aliphatic rings. The van der Waals surface area contributed by atoms with E-state index in [-0.39, 0.29) is 11.7 Å². The molecule has 0 bridgehead atoms. The van der Waals surface area contributed by atoms with Gasteiger partial charge in [0.2, 0.25) is 0 Å². The summed E-state index contributed by atoms with van der Waals surface area (Å²) in [5.41, 5.74) is 4.33. The van der Waals surface area contributed by atoms with Gasteiger partial charge in [0.05, 0.1) is 5.57 Å². The number of rotatable bonds is 3. The summed E-state index contributed by atoms with van der Waals surface area (Å²) in [6.45, 7) is 2.57. The molecule has 4 heteroatoms. The number of benzene rings is 2. The summed E-state index contributed by atoms with van der Waals surface area (Å²) in [7, 11) is 0. The number of hydrogen-bond donors (Lipinski definition) is 0. The van der Waals surface area contributed by atoms with E-state index in [1.165, 1.54) is 11.0 Å². The summed E-state index contributed by atoms with van der Waals surface area (Å²) in [6.07, 6.45) is 5.05. The van der Waals surface area contributed by atoms with Gasteiger partial charge >= 0.3 is 0 Å². The van der Waals surface area contributed by atoms with Crippen LogP contribution >= 0.6 is 11.8 Å². The van der Waals surface area contributed by atoms with Gasteiger partial charge in [-0.1, -0.05) is 18.2 Å². The van der Waals surface area contributed by atoms with Crippen LogP contribution in [0.25, 0.3) is 11.1 Å². The Labute approximate surface area is 158 Å². The van der Waals surface area contributed by atoms with Crippen LogP contribution in [0.3, 0.4) is 0 Å². The first-order valence-corrected chi connectivity index (χ1v) is 10.3. The Kier molecular flexibility index (Phi) is 4.62. The summed E-state index contributed by atoms with van der Waals surface area (Å²) < 4.78 is 13.8. The Hall–Kier alpha value is -2.07. The number of halogens is 1. The van der Waals surface area contributed by atoms with E-state index in [4.69, 9.17) is 0 Å². The number of carbonyl (C=O) groups is 1. The molecule has 4 rings (SSSR count). The minimum Gasteiger partial charge on any atom is -0.335 e. The highest BCUT2D eigenvalue weighted by atomic mass is 32.2. The van der Waals surface area contributed by atoms with Crippen LogP contribution in [0, 0.1) is 12.7 Å². The molecule has 1 fully saturated rings. The highest BCUT2D eigenvalue weighted by Gasteiger charge is 2.37. The fourth-order valence-corrected chi connectivity index (χ4v) is 4.49. The Bertz CT molecular complexity index is 888. The fourth-order valence-electron chi connectivity index (χ4n) is 4.08. The van der Waals surface area contributed by atoms with E-state index in [1.807, 2.05) is 4.90 Å². The smallest absolute Gasteiger partial charge is 0.255 e. The SMILES string of the molecule is CSc1ccc(C2=C(c3ccc(F)c(C)c3)C(=O)N3CCCC3C2)cc1. The molecule has 134 valence electrons. The van der Waals surface area contributed by atoms with Gasteiger partial charge in [-0.25, -0.2) is 4.39 Å². The number of hydrogen-bond acceptors (Lipinski definition) is 2. The summed E-state index contributed by atoms with van der Waals surface area (Å²) in [5.74, 6) is -0.142. The molecular weight excluding hydrogens is 345 g/mol. The molecule has 2 aliphatic heterocycles. The van der Waals surface area contributed by atoms with Gasteiger partial charge in [0.25, 0.3) is 5.91 Å². The van der Waals surface area contributed by atoms with Crippen LogP contribution in [0.2, 0.25) is 0 Å². The van der Waals surface area contributed by atoms with Gasteiger partial charge in [-0.2, -0.15) is 0 Å². The maximum Gasteiger partial charge on any atom is 0.255 e. The van der Waals surface area contributed by atoms with Crippen molar-refractivity contribution < 1.29 is 9.18 Å². The van der Waals surface area contributed by atoms with E-state index in [0.29, 0.717) is 11.6 Å². The molecule has 26 heavy (non-hydrogen) atoms. The predicted octanol–water partition coefficient (Wildman–Crippen LogP) is 5.16. The number of nitrogens with zero attached hydrogens (tertiary/aromatic N) is 1. The summed E-state index contributed by atoms with van der Waals surface area (Å²) in [5, 5.41) is 0. The number of carbonyl (C=O) groups excluding carboxylic acids is 1. The third kappa shape index (κ3) is 2.96. The third-order valence-corrected chi connectivity index (χ3v) is 6.22. The van der Waals surface area contributed by atoms with Crippen molar-refractivity contribution in [3.63, 3.8) is 0 Å². The summed E-state index contributed by atoms with van der Waals surface area (Å²) in [6, 6.07) is 13.7. The minimum atomic E-state index is -0.234. The van der Waals surface area contributed by atoms with Crippen molar-refractivity contribution in [2.45, 2.75) is 37.1 Å². The molecule has 0 aromatic heterocycles. The van der Waals surface area contributed by atoms with Crippen LogP contribution in [-0.4, -0.2) is 29.6 Å². The van der Waals surface area contributed by atoms with E-state index >= 15 is 0 Å². The average molecular weight is 367 g/mol. The number of fused-ring (bicyclic) bond motifs is 1. The normalized spacial score (nSPS) is 19.9. The molecule has 0 aliphatic carbocycles. The second-order valence-corrected chi connectivity index (χ2v) is 7.92. The zero-order valence-electron chi connectivity index (χ0n) is 15.1. The van der Waals surface area contributed by atoms with Crippen molar-refractivity contribution in [3.05, 3.63) is 65.0 Å². The maximum absolute atomic E-state index is 13.8. The van der Waals surface area contributed by atoms with Gasteiger partial charge in [0.15, 0.2) is 0 Å². The first-order chi connectivity index (χ1) is 12.6. The standard InChI is InChI=1S/C22H22FNOS/c1-14-12-16(7-10-20(14)23)21-19(15-5-8-18(26-2)9-6-15)13-17-4-3-11-24(17)22(21)25/h5-10,12,17H,3-4,11,13H2,1-2H3. The van der Waals surface area contributed by atoms with Gasteiger partial charge in [-0.3, -0.25) is 4.79 Å². The van der Waals surface area contributed by atoms with E-state index in [2.05, 4.69) is 30.5 Å². The summed E-state index contributed by atoms with van der Waals surface area (Å²) in [4.78, 5) is 16.5. The van der Waals surface area contributed by atoms with Crippen LogP contribution in [0.4, 0.5) is 4.39 Å². The van der Waals surface area contributed by atoms with Crippen LogP contribution in [0.5, 0.6) is 0 Å². The van der Waals surface area contributed by atoms with Crippen LogP contribution in [-0.2, 0) is 4.79 Å². The lowest BCUT2D eigenvalue weighted by atomic mass is 9.85. The molecule has 1 unspecified atom stereocenters. The highest BCUT2D eigenvalue weighted by molar-refractivity contribution is 7.98. The predicted molar refractivity (Wildman–Crippen MR) is 106 cm³/mol. The van der Waals surface area contributed by atoms with Crippen molar-refractivity contribution in [1.29, 1.82) is 0 Å². The second kappa shape index (κ2) is 6.92. The lowest BCUT2D eigenvalue weighted by molar-refractivity contribution is -0.126. The number of thioether (sulfide) groups is 1. The molecule has 2 aromatic rings. The monoisotopic (exact) mass is 367 g/mol. The van der Waals surface area contributed by atoms with Gasteiger partial charge in [-0.05, 0) is 79.0 Å². The summed E-state index contributed by atoms with van der Waals surface area (Å²) >= 11 is 1.71. The minimum absolute atomic E-state index is 0.0914. The van der Waals surface area contributed by atoms with Gasteiger partial charge in [0, 0.05) is 17.5 Å². The molecule has 1 amide bonds. The zero-order chi connectivity index (χ0) is 18.3. The van der Waals surface area contributed by atoms with Crippen molar-refractivity contribution in [1.82, 2.24) is 4.90 Å². The van der Waals surface area contributed by atoms with E-state index in [0.717, 1.165) is 48.1 Å². The molecule has 2 heterocycles. The van der Waals surface area contributed by atoms with E-state index in [9.17, 15) is 9.18 Å². The maximum atomic E-state index is 13.8. The third-order valence-electron chi connectivity index (χ3n) is 5.48. The molecule has 0 saturated carbocycles. The van der Waals surface area contributed by atoms with E-state index < -0.39 is 0 Å². The Morgan fingerprint density at radius 2 is 1.85 bits per heavy atom. The lowest BCUT2D eigenvalue weighted by Gasteiger charge is -2.33. The van der Waals surface area contributed by atoms with Crippen molar-refractivity contribution in [2.75, 3.05) is 12.8 Å². The second-order valence-electron chi connectivity index (χ2n) is 7.04. The largest absolute Gasteiger partial charge is 0.335 e. The van der Waals surface area contributed by atoms with Crippen LogP contribution in [0.15, 0.2) is 47.4 Å². The van der Waals surface area contributed by atoms with E-state index in [1.54, 1.807) is 30.8 Å².